The summed E-state index contributed by atoms with van der Waals surface area (Å²) in [6, 6.07) is 8.67. The highest BCUT2D eigenvalue weighted by Gasteiger charge is 2.25. The van der Waals surface area contributed by atoms with Crippen LogP contribution in [0.4, 0.5) is 0 Å². The van der Waals surface area contributed by atoms with Crippen LogP contribution in [-0.4, -0.2) is 26.9 Å². The maximum atomic E-state index is 12.6. The van der Waals surface area contributed by atoms with Gasteiger partial charge in [-0.1, -0.05) is 45.0 Å². The molecule has 5 heteroatoms. The van der Waals surface area contributed by atoms with Crippen LogP contribution in [0.5, 0.6) is 0 Å². The van der Waals surface area contributed by atoms with Crippen molar-refractivity contribution in [1.82, 2.24) is 14.5 Å². The Morgan fingerprint density at radius 3 is 2.56 bits per heavy atom. The number of nitrogens with zero attached hydrogens (tertiary/aromatic N) is 3. The Morgan fingerprint density at radius 1 is 1.24 bits per heavy atom. The second-order valence-corrected chi connectivity index (χ2v) is 8.55. The molecule has 4 nitrogen and oxygen atoms in total. The van der Waals surface area contributed by atoms with Crippen LogP contribution in [0.3, 0.4) is 0 Å². The maximum absolute atomic E-state index is 12.6. The standard InChI is InChI=1S/C20H26BrN3O/c1-20(2,3)15-8-5-14(6-9-15)7-10-18(25)24-12-11-16-17(13-24)23(4)19(21)22-16/h5-6,8-9H,7,10-13H2,1-4H3. The largest absolute Gasteiger partial charge is 0.336 e. The molecule has 0 atom stereocenters. The summed E-state index contributed by atoms with van der Waals surface area (Å²) in [6.45, 7) is 8.07. The molecule has 1 aromatic heterocycles. The minimum Gasteiger partial charge on any atom is -0.336 e. The summed E-state index contributed by atoms with van der Waals surface area (Å²) in [5.41, 5.74) is 4.96. The SMILES string of the molecule is Cn1c(Br)nc2c1CN(C(=O)CCc1ccc(C(C)(C)C)cc1)CC2. The van der Waals surface area contributed by atoms with E-state index in [9.17, 15) is 4.79 Å². The summed E-state index contributed by atoms with van der Waals surface area (Å²) in [5, 5.41) is 0. The smallest absolute Gasteiger partial charge is 0.223 e. The Hall–Kier alpha value is -1.62. The molecule has 3 rings (SSSR count). The van der Waals surface area contributed by atoms with Crippen molar-refractivity contribution in [2.24, 2.45) is 7.05 Å². The van der Waals surface area contributed by atoms with Gasteiger partial charge in [0.1, 0.15) is 0 Å². The molecule has 0 N–H and O–H groups in total. The summed E-state index contributed by atoms with van der Waals surface area (Å²) >= 11 is 3.46. The lowest BCUT2D eigenvalue weighted by Gasteiger charge is -2.27. The highest BCUT2D eigenvalue weighted by Crippen LogP contribution is 2.24. The third-order valence-corrected chi connectivity index (χ3v) is 5.71. The second kappa shape index (κ2) is 6.94. The van der Waals surface area contributed by atoms with Gasteiger partial charge in [0.25, 0.3) is 0 Å². The summed E-state index contributed by atoms with van der Waals surface area (Å²) in [5.74, 6) is 0.225. The fourth-order valence-corrected chi connectivity index (χ4v) is 3.68. The minimum absolute atomic E-state index is 0.164. The lowest BCUT2D eigenvalue weighted by Crippen LogP contribution is -2.36. The van der Waals surface area contributed by atoms with Crippen LogP contribution in [0.1, 0.15) is 49.7 Å². The Kier molecular flexibility index (Phi) is 5.05. The van der Waals surface area contributed by atoms with Crippen LogP contribution in [0.15, 0.2) is 29.0 Å². The van der Waals surface area contributed by atoms with Crippen molar-refractivity contribution >= 4 is 21.8 Å². The van der Waals surface area contributed by atoms with Gasteiger partial charge < -0.3 is 9.47 Å². The molecule has 1 aliphatic heterocycles. The molecule has 0 unspecified atom stereocenters. The number of hydrogen-bond acceptors (Lipinski definition) is 2. The van der Waals surface area contributed by atoms with Gasteiger partial charge in [0.15, 0.2) is 4.73 Å². The first-order valence-corrected chi connectivity index (χ1v) is 9.62. The van der Waals surface area contributed by atoms with Crippen LogP contribution < -0.4 is 0 Å². The highest BCUT2D eigenvalue weighted by atomic mass is 79.9. The molecule has 0 bridgehead atoms. The number of aromatic nitrogens is 2. The minimum atomic E-state index is 0.164. The van der Waals surface area contributed by atoms with E-state index >= 15 is 0 Å². The van der Waals surface area contributed by atoms with Gasteiger partial charge in [-0.05, 0) is 38.9 Å². The van der Waals surface area contributed by atoms with Gasteiger partial charge in [-0.3, -0.25) is 4.79 Å². The summed E-state index contributed by atoms with van der Waals surface area (Å²) in [7, 11) is 1.99. The molecule has 134 valence electrons. The molecule has 0 saturated carbocycles. The molecule has 0 saturated heterocycles. The number of aryl methyl sites for hydroxylation is 1. The van der Waals surface area contributed by atoms with Gasteiger partial charge in [-0.2, -0.15) is 0 Å². The van der Waals surface area contributed by atoms with E-state index in [0.717, 1.165) is 35.5 Å². The monoisotopic (exact) mass is 403 g/mol. The third kappa shape index (κ3) is 3.97. The number of hydrogen-bond donors (Lipinski definition) is 0. The van der Waals surface area contributed by atoms with E-state index in [1.165, 1.54) is 11.1 Å². The molecule has 25 heavy (non-hydrogen) atoms. The molecule has 1 amide bonds. The van der Waals surface area contributed by atoms with Gasteiger partial charge >= 0.3 is 0 Å². The van der Waals surface area contributed by atoms with Crippen LogP contribution in [0.25, 0.3) is 0 Å². The zero-order valence-corrected chi connectivity index (χ0v) is 17.1. The van der Waals surface area contributed by atoms with Crippen molar-refractivity contribution in [3.63, 3.8) is 0 Å². The van der Waals surface area contributed by atoms with Gasteiger partial charge in [0.2, 0.25) is 5.91 Å². The summed E-state index contributed by atoms with van der Waals surface area (Å²) < 4.78 is 2.87. The van der Waals surface area contributed by atoms with Gasteiger partial charge in [0, 0.05) is 26.4 Å². The molecular weight excluding hydrogens is 378 g/mol. The van der Waals surface area contributed by atoms with Crippen LogP contribution >= 0.6 is 15.9 Å². The van der Waals surface area contributed by atoms with E-state index in [4.69, 9.17) is 0 Å². The van der Waals surface area contributed by atoms with E-state index in [1.807, 2.05) is 16.5 Å². The average Bonchev–Trinajstić information content (AvgIpc) is 2.86. The van der Waals surface area contributed by atoms with E-state index in [2.05, 4.69) is 66.0 Å². The molecule has 2 aromatic rings. The fraction of sp³-hybridized carbons (Fsp3) is 0.500. The van der Waals surface area contributed by atoms with E-state index in [1.54, 1.807) is 0 Å². The third-order valence-electron chi connectivity index (χ3n) is 5.00. The van der Waals surface area contributed by atoms with Gasteiger partial charge in [0.05, 0.1) is 17.9 Å². The predicted molar refractivity (Wildman–Crippen MR) is 103 cm³/mol. The molecule has 1 aliphatic rings. The fourth-order valence-electron chi connectivity index (χ4n) is 3.25. The number of carbonyl (C=O) groups is 1. The van der Waals surface area contributed by atoms with Gasteiger partial charge in [-0.25, -0.2) is 4.98 Å². The van der Waals surface area contributed by atoms with E-state index in [0.29, 0.717) is 13.0 Å². The predicted octanol–water partition coefficient (Wildman–Crippen LogP) is 4.00. The Morgan fingerprint density at radius 2 is 1.92 bits per heavy atom. The van der Waals surface area contributed by atoms with E-state index < -0.39 is 0 Å². The van der Waals surface area contributed by atoms with Crippen molar-refractivity contribution in [2.45, 2.75) is 52.0 Å². The summed E-state index contributed by atoms with van der Waals surface area (Å²) in [6.07, 6.45) is 2.19. The number of imidazole rings is 1. The van der Waals surface area contributed by atoms with Crippen molar-refractivity contribution in [1.29, 1.82) is 0 Å². The van der Waals surface area contributed by atoms with Crippen LogP contribution in [-0.2, 0) is 36.6 Å². The highest BCUT2D eigenvalue weighted by molar-refractivity contribution is 9.10. The Bertz CT molecular complexity index is 771. The zero-order chi connectivity index (χ0) is 18.2. The number of halogens is 1. The lowest BCUT2D eigenvalue weighted by molar-refractivity contribution is -0.132. The molecular formula is C20H26BrN3O. The number of benzene rings is 1. The van der Waals surface area contributed by atoms with Crippen molar-refractivity contribution in [3.05, 3.63) is 51.5 Å². The van der Waals surface area contributed by atoms with Gasteiger partial charge in [-0.15, -0.1) is 0 Å². The van der Waals surface area contributed by atoms with E-state index in [-0.39, 0.29) is 11.3 Å². The van der Waals surface area contributed by atoms with Crippen LogP contribution in [0.2, 0.25) is 0 Å². The first-order valence-electron chi connectivity index (χ1n) is 8.83. The molecule has 2 heterocycles. The zero-order valence-electron chi connectivity index (χ0n) is 15.5. The first-order chi connectivity index (χ1) is 11.8. The quantitative estimate of drug-likeness (QED) is 0.776. The summed E-state index contributed by atoms with van der Waals surface area (Å²) in [4.78, 5) is 19.1. The average molecular weight is 404 g/mol. The number of carbonyl (C=O) groups excluding carboxylic acids is 1. The molecule has 0 fully saturated rings. The normalized spacial score (nSPS) is 14.5. The van der Waals surface area contributed by atoms with Crippen molar-refractivity contribution < 1.29 is 4.79 Å². The number of amides is 1. The van der Waals surface area contributed by atoms with Crippen molar-refractivity contribution in [3.8, 4) is 0 Å². The molecule has 0 radical (unpaired) electrons. The molecule has 0 spiro atoms. The number of fused-ring (bicyclic) bond motifs is 1. The first kappa shape index (κ1) is 18.2. The maximum Gasteiger partial charge on any atom is 0.223 e. The topological polar surface area (TPSA) is 38.1 Å². The van der Waals surface area contributed by atoms with Crippen molar-refractivity contribution in [2.75, 3.05) is 6.54 Å². The second-order valence-electron chi connectivity index (χ2n) is 7.85. The van der Waals surface area contributed by atoms with Crippen LogP contribution in [0, 0.1) is 0 Å². The number of rotatable bonds is 3. The Balaban J connectivity index is 1.59. The molecule has 1 aromatic carbocycles. The lowest BCUT2D eigenvalue weighted by atomic mass is 9.86. The Labute approximate surface area is 158 Å². The molecule has 0 aliphatic carbocycles.